The third-order valence-electron chi connectivity index (χ3n) is 4.85. The van der Waals surface area contributed by atoms with Gasteiger partial charge in [0.05, 0.1) is 12.8 Å². The Morgan fingerprint density at radius 1 is 0.967 bits per heavy atom. The number of furan rings is 1. The van der Waals surface area contributed by atoms with Crippen LogP contribution in [0.5, 0.6) is 0 Å². The van der Waals surface area contributed by atoms with Gasteiger partial charge < -0.3 is 15.1 Å². The number of guanidine groups is 1. The highest BCUT2D eigenvalue weighted by atomic mass is 19.1. The van der Waals surface area contributed by atoms with Crippen LogP contribution < -0.4 is 10.6 Å². The fourth-order valence-electron chi connectivity index (χ4n) is 3.28. The summed E-state index contributed by atoms with van der Waals surface area (Å²) in [4.78, 5) is 6.53. The number of hydrogen-bond acceptors (Lipinski definition) is 3. The number of nitrogens with one attached hydrogen (secondary N) is 2. The molecular weight excluding hydrogens is 379 g/mol. The van der Waals surface area contributed by atoms with Crippen molar-refractivity contribution in [2.45, 2.75) is 26.1 Å². The smallest absolute Gasteiger partial charge is 0.191 e. The Bertz CT molecular complexity index is 923. The standard InChI is InChI=1S/C24H29FN4O/c1-26-24(27-14-13-19-9-11-22(25)12-10-19)28-16-20-6-3-4-7-21(20)17-29(2)18-23-8-5-15-30-23/h3-12,15H,13-14,16-18H2,1-2H3,(H2,26,27,28). The van der Waals surface area contributed by atoms with E-state index in [1.54, 1.807) is 13.3 Å². The molecule has 3 rings (SSSR count). The van der Waals surface area contributed by atoms with Crippen molar-refractivity contribution < 1.29 is 8.81 Å². The zero-order valence-electron chi connectivity index (χ0n) is 17.6. The molecule has 0 aliphatic heterocycles. The van der Waals surface area contributed by atoms with Gasteiger partial charge >= 0.3 is 0 Å². The lowest BCUT2D eigenvalue weighted by Crippen LogP contribution is -2.38. The molecular formula is C24H29FN4O. The van der Waals surface area contributed by atoms with E-state index in [4.69, 9.17) is 4.42 Å². The fraction of sp³-hybridized carbons (Fsp3) is 0.292. The fourth-order valence-corrected chi connectivity index (χ4v) is 3.28. The van der Waals surface area contributed by atoms with Crippen LogP contribution in [0.2, 0.25) is 0 Å². The quantitative estimate of drug-likeness (QED) is 0.416. The van der Waals surface area contributed by atoms with Gasteiger partial charge in [0.25, 0.3) is 0 Å². The average Bonchev–Trinajstić information content (AvgIpc) is 3.25. The Hall–Kier alpha value is -3.12. The summed E-state index contributed by atoms with van der Waals surface area (Å²) < 4.78 is 18.5. The van der Waals surface area contributed by atoms with Gasteiger partial charge in [0.15, 0.2) is 5.96 Å². The van der Waals surface area contributed by atoms with Crippen LogP contribution in [0.15, 0.2) is 76.3 Å². The molecule has 2 aromatic carbocycles. The van der Waals surface area contributed by atoms with Crippen molar-refractivity contribution in [2.75, 3.05) is 20.6 Å². The molecule has 2 N–H and O–H groups in total. The molecule has 5 nitrogen and oxygen atoms in total. The van der Waals surface area contributed by atoms with Crippen molar-refractivity contribution in [3.8, 4) is 0 Å². The summed E-state index contributed by atoms with van der Waals surface area (Å²) in [6, 6.07) is 18.9. The minimum absolute atomic E-state index is 0.211. The Labute approximate surface area is 177 Å². The summed E-state index contributed by atoms with van der Waals surface area (Å²) in [5.41, 5.74) is 3.58. The molecule has 0 saturated heterocycles. The van der Waals surface area contributed by atoms with Gasteiger partial charge in [-0.2, -0.15) is 0 Å². The normalized spacial score (nSPS) is 11.7. The number of benzene rings is 2. The first kappa shape index (κ1) is 21.6. The predicted molar refractivity (Wildman–Crippen MR) is 119 cm³/mol. The van der Waals surface area contributed by atoms with E-state index in [1.807, 2.05) is 24.3 Å². The van der Waals surface area contributed by atoms with Crippen molar-refractivity contribution in [1.29, 1.82) is 0 Å². The van der Waals surface area contributed by atoms with Crippen molar-refractivity contribution in [3.05, 3.63) is 95.2 Å². The Morgan fingerprint density at radius 2 is 1.73 bits per heavy atom. The van der Waals surface area contributed by atoms with Crippen LogP contribution in [-0.2, 0) is 26.1 Å². The highest BCUT2D eigenvalue weighted by Crippen LogP contribution is 2.13. The Balaban J connectivity index is 1.49. The maximum atomic E-state index is 13.0. The van der Waals surface area contributed by atoms with E-state index in [0.717, 1.165) is 43.3 Å². The van der Waals surface area contributed by atoms with E-state index < -0.39 is 0 Å². The van der Waals surface area contributed by atoms with E-state index in [9.17, 15) is 4.39 Å². The first-order chi connectivity index (χ1) is 14.6. The van der Waals surface area contributed by atoms with E-state index in [1.165, 1.54) is 23.3 Å². The lowest BCUT2D eigenvalue weighted by atomic mass is 10.1. The zero-order chi connectivity index (χ0) is 21.2. The summed E-state index contributed by atoms with van der Waals surface area (Å²) in [5, 5.41) is 6.70. The third kappa shape index (κ3) is 6.74. The average molecular weight is 409 g/mol. The van der Waals surface area contributed by atoms with E-state index in [-0.39, 0.29) is 5.82 Å². The van der Waals surface area contributed by atoms with Crippen LogP contribution in [0.25, 0.3) is 0 Å². The van der Waals surface area contributed by atoms with Crippen molar-refractivity contribution >= 4 is 5.96 Å². The van der Waals surface area contributed by atoms with E-state index in [2.05, 4.69) is 51.8 Å². The Morgan fingerprint density at radius 3 is 2.43 bits per heavy atom. The van der Waals surface area contributed by atoms with Gasteiger partial charge in [-0.15, -0.1) is 0 Å². The van der Waals surface area contributed by atoms with Crippen LogP contribution in [-0.4, -0.2) is 31.5 Å². The first-order valence-corrected chi connectivity index (χ1v) is 10.1. The predicted octanol–water partition coefficient (Wildman–Crippen LogP) is 3.96. The van der Waals surface area contributed by atoms with E-state index in [0.29, 0.717) is 6.54 Å². The topological polar surface area (TPSA) is 52.8 Å². The van der Waals surface area contributed by atoms with Gasteiger partial charge in [-0.05, 0) is 54.4 Å². The molecule has 158 valence electrons. The van der Waals surface area contributed by atoms with Crippen molar-refractivity contribution in [2.24, 2.45) is 4.99 Å². The second-order valence-corrected chi connectivity index (χ2v) is 7.25. The molecule has 3 aromatic rings. The van der Waals surface area contributed by atoms with Gasteiger partial charge in [0.1, 0.15) is 11.6 Å². The number of aliphatic imine (C=N–C) groups is 1. The molecule has 0 bridgehead atoms. The van der Waals surface area contributed by atoms with Crippen molar-refractivity contribution in [1.82, 2.24) is 15.5 Å². The molecule has 0 aliphatic rings. The SMILES string of the molecule is CN=C(NCCc1ccc(F)cc1)NCc1ccccc1CN(C)Cc1ccco1. The molecule has 0 atom stereocenters. The highest BCUT2D eigenvalue weighted by molar-refractivity contribution is 5.79. The van der Waals surface area contributed by atoms with Crippen LogP contribution >= 0.6 is 0 Å². The lowest BCUT2D eigenvalue weighted by molar-refractivity contribution is 0.287. The van der Waals surface area contributed by atoms with Gasteiger partial charge in [-0.1, -0.05) is 36.4 Å². The monoisotopic (exact) mass is 408 g/mol. The number of rotatable bonds is 9. The van der Waals surface area contributed by atoms with Crippen LogP contribution in [0.1, 0.15) is 22.5 Å². The number of hydrogen-bond donors (Lipinski definition) is 2. The van der Waals surface area contributed by atoms with E-state index >= 15 is 0 Å². The van der Waals surface area contributed by atoms with Gasteiger partial charge in [0.2, 0.25) is 0 Å². The zero-order valence-corrected chi connectivity index (χ0v) is 17.6. The molecule has 0 spiro atoms. The molecule has 0 unspecified atom stereocenters. The van der Waals surface area contributed by atoms with Gasteiger partial charge in [-0.3, -0.25) is 9.89 Å². The summed E-state index contributed by atoms with van der Waals surface area (Å²) in [5.74, 6) is 1.49. The van der Waals surface area contributed by atoms with Crippen LogP contribution in [0.3, 0.4) is 0 Å². The number of nitrogens with zero attached hydrogens (tertiary/aromatic N) is 2. The Kier molecular flexibility index (Phi) is 8.03. The van der Waals surface area contributed by atoms with Crippen molar-refractivity contribution in [3.63, 3.8) is 0 Å². The van der Waals surface area contributed by atoms with Crippen LogP contribution in [0.4, 0.5) is 4.39 Å². The maximum absolute atomic E-state index is 13.0. The summed E-state index contributed by atoms with van der Waals surface area (Å²) in [6.45, 7) is 3.00. The number of halogens is 1. The second-order valence-electron chi connectivity index (χ2n) is 7.25. The molecule has 0 amide bonds. The molecule has 1 aromatic heterocycles. The highest BCUT2D eigenvalue weighted by Gasteiger charge is 2.08. The molecule has 0 fully saturated rings. The molecule has 0 aliphatic carbocycles. The molecule has 30 heavy (non-hydrogen) atoms. The molecule has 1 heterocycles. The minimum atomic E-state index is -0.211. The summed E-state index contributed by atoms with van der Waals surface area (Å²) in [7, 11) is 3.85. The van der Waals surface area contributed by atoms with Crippen LogP contribution in [0, 0.1) is 5.82 Å². The molecule has 0 radical (unpaired) electrons. The molecule has 0 saturated carbocycles. The van der Waals surface area contributed by atoms with Gasteiger partial charge in [0, 0.05) is 26.7 Å². The minimum Gasteiger partial charge on any atom is -0.468 e. The lowest BCUT2D eigenvalue weighted by Gasteiger charge is -2.19. The largest absolute Gasteiger partial charge is 0.468 e. The third-order valence-corrected chi connectivity index (χ3v) is 4.85. The van der Waals surface area contributed by atoms with Gasteiger partial charge in [-0.25, -0.2) is 4.39 Å². The maximum Gasteiger partial charge on any atom is 0.191 e. The summed E-state index contributed by atoms with van der Waals surface area (Å²) >= 11 is 0. The second kappa shape index (κ2) is 11.2. The first-order valence-electron chi connectivity index (χ1n) is 10.1. The summed E-state index contributed by atoms with van der Waals surface area (Å²) in [6.07, 6.45) is 2.50. The molecule has 6 heteroatoms.